The lowest BCUT2D eigenvalue weighted by Crippen LogP contribution is -2.52. The van der Waals surface area contributed by atoms with E-state index in [-0.39, 0.29) is 16.5 Å². The van der Waals surface area contributed by atoms with E-state index in [1.165, 1.54) is 4.57 Å². The Kier molecular flexibility index (Phi) is 3.89. The van der Waals surface area contributed by atoms with Gasteiger partial charge in [-0.25, -0.2) is 0 Å². The van der Waals surface area contributed by atoms with Gasteiger partial charge in [-0.1, -0.05) is 30.3 Å². The number of hydrogen-bond acceptors (Lipinski definition) is 3. The molecule has 0 saturated heterocycles. The summed E-state index contributed by atoms with van der Waals surface area (Å²) in [5, 5.41) is 4.47. The van der Waals surface area contributed by atoms with Crippen LogP contribution < -0.4 is 21.8 Å². The SMILES string of the molecule is Cn1c(=O)/c(=C/c2ccccc2)[nH]c(=O)/c1=C/c1ccsc1. The number of hydrogen-bond donors (Lipinski definition) is 1. The smallest absolute Gasteiger partial charge is 0.274 e. The fourth-order valence-electron chi connectivity index (χ4n) is 2.17. The van der Waals surface area contributed by atoms with Gasteiger partial charge in [0, 0.05) is 7.05 Å². The third kappa shape index (κ3) is 2.84. The molecule has 0 atom stereocenters. The minimum absolute atomic E-state index is 0.232. The predicted molar refractivity (Wildman–Crippen MR) is 89.4 cm³/mol. The maximum Gasteiger partial charge on any atom is 0.274 e. The molecule has 0 bridgehead atoms. The molecule has 22 heavy (non-hydrogen) atoms. The Morgan fingerprint density at radius 2 is 1.82 bits per heavy atom. The summed E-state index contributed by atoms with van der Waals surface area (Å²) in [5.74, 6) is 0. The standard InChI is InChI=1S/C17H14N2O2S/c1-19-15(10-13-7-8-22-11-13)16(20)18-14(17(19)21)9-12-5-3-2-4-6-12/h2-11H,1H3,(H,18,20)/b14-9-,15-10-. The van der Waals surface area contributed by atoms with Crippen molar-refractivity contribution in [1.29, 1.82) is 0 Å². The highest BCUT2D eigenvalue weighted by Crippen LogP contribution is 2.05. The van der Waals surface area contributed by atoms with Gasteiger partial charge in [0.1, 0.15) is 10.7 Å². The van der Waals surface area contributed by atoms with Gasteiger partial charge in [-0.05, 0) is 40.1 Å². The zero-order valence-electron chi connectivity index (χ0n) is 11.9. The summed E-state index contributed by atoms with van der Waals surface area (Å²) in [6, 6.07) is 11.3. The largest absolute Gasteiger partial charge is 0.316 e. The lowest BCUT2D eigenvalue weighted by molar-refractivity contribution is 0.776. The number of aromatic amines is 1. The van der Waals surface area contributed by atoms with E-state index >= 15 is 0 Å². The molecule has 3 aromatic rings. The number of nitrogens with zero attached hydrogens (tertiary/aromatic N) is 1. The van der Waals surface area contributed by atoms with Crippen molar-refractivity contribution in [2.24, 2.45) is 7.05 Å². The van der Waals surface area contributed by atoms with Crippen LogP contribution in [0.4, 0.5) is 0 Å². The summed E-state index contributed by atoms with van der Waals surface area (Å²) in [6.45, 7) is 0. The van der Waals surface area contributed by atoms with E-state index in [0.717, 1.165) is 11.1 Å². The van der Waals surface area contributed by atoms with Crippen molar-refractivity contribution in [3.05, 3.63) is 89.7 Å². The van der Waals surface area contributed by atoms with Crippen molar-refractivity contribution in [1.82, 2.24) is 9.55 Å². The fraction of sp³-hybridized carbons (Fsp3) is 0.0588. The molecule has 2 heterocycles. The van der Waals surface area contributed by atoms with Gasteiger partial charge in [0.25, 0.3) is 11.1 Å². The Balaban J connectivity index is 2.25. The van der Waals surface area contributed by atoms with Crippen molar-refractivity contribution in [2.75, 3.05) is 0 Å². The summed E-state index contributed by atoms with van der Waals surface area (Å²) >= 11 is 1.54. The molecule has 0 spiro atoms. The zero-order chi connectivity index (χ0) is 15.5. The number of aromatic nitrogens is 2. The van der Waals surface area contributed by atoms with Crippen molar-refractivity contribution in [3.63, 3.8) is 0 Å². The Morgan fingerprint density at radius 1 is 1.05 bits per heavy atom. The molecule has 0 aliphatic carbocycles. The topological polar surface area (TPSA) is 54.9 Å². The van der Waals surface area contributed by atoms with Crippen LogP contribution in [0.3, 0.4) is 0 Å². The maximum atomic E-state index is 12.4. The van der Waals surface area contributed by atoms with Crippen molar-refractivity contribution in [2.45, 2.75) is 0 Å². The highest BCUT2D eigenvalue weighted by atomic mass is 32.1. The number of H-pyrrole nitrogens is 1. The van der Waals surface area contributed by atoms with Gasteiger partial charge < -0.3 is 9.55 Å². The van der Waals surface area contributed by atoms with E-state index in [0.29, 0.717) is 5.35 Å². The lowest BCUT2D eigenvalue weighted by Gasteiger charge is -1.99. The Hall–Kier alpha value is -2.66. The second kappa shape index (κ2) is 5.99. The van der Waals surface area contributed by atoms with Crippen LogP contribution in [0.15, 0.2) is 56.7 Å². The summed E-state index contributed by atoms with van der Waals surface area (Å²) in [6.07, 6.45) is 3.39. The highest BCUT2D eigenvalue weighted by Gasteiger charge is 2.01. The average Bonchev–Trinajstić information content (AvgIpc) is 3.03. The Labute approximate surface area is 130 Å². The molecular formula is C17H14N2O2S. The molecule has 0 unspecified atom stereocenters. The lowest BCUT2D eigenvalue weighted by atomic mass is 10.2. The Bertz CT molecular complexity index is 1010. The third-order valence-electron chi connectivity index (χ3n) is 3.33. The van der Waals surface area contributed by atoms with Crippen LogP contribution in [-0.4, -0.2) is 9.55 Å². The van der Waals surface area contributed by atoms with Crippen LogP contribution in [0.25, 0.3) is 12.2 Å². The summed E-state index contributed by atoms with van der Waals surface area (Å²) in [5.41, 5.74) is 1.26. The predicted octanol–water partition coefficient (Wildman–Crippen LogP) is 0.793. The molecular weight excluding hydrogens is 296 g/mol. The molecule has 0 aliphatic rings. The molecule has 110 valence electrons. The first kappa shape index (κ1) is 14.3. The van der Waals surface area contributed by atoms with Crippen LogP contribution in [0.2, 0.25) is 0 Å². The van der Waals surface area contributed by atoms with E-state index in [1.54, 1.807) is 30.5 Å². The minimum Gasteiger partial charge on any atom is -0.316 e. The Morgan fingerprint density at radius 3 is 2.50 bits per heavy atom. The van der Waals surface area contributed by atoms with Gasteiger partial charge in [-0.2, -0.15) is 11.3 Å². The molecule has 3 rings (SSSR count). The monoisotopic (exact) mass is 310 g/mol. The first-order valence-electron chi connectivity index (χ1n) is 6.75. The molecule has 0 amide bonds. The van der Waals surface area contributed by atoms with Gasteiger partial charge in [0.05, 0.1) is 0 Å². The molecule has 0 fully saturated rings. The van der Waals surface area contributed by atoms with Crippen LogP contribution in [0.1, 0.15) is 11.1 Å². The molecule has 0 saturated carbocycles. The molecule has 2 aromatic heterocycles. The molecule has 5 heteroatoms. The normalized spacial score (nSPS) is 12.8. The van der Waals surface area contributed by atoms with Gasteiger partial charge in [0.15, 0.2) is 0 Å². The van der Waals surface area contributed by atoms with Gasteiger partial charge in [0.2, 0.25) is 0 Å². The number of benzene rings is 1. The van der Waals surface area contributed by atoms with E-state index in [4.69, 9.17) is 0 Å². The molecule has 0 radical (unpaired) electrons. The number of nitrogens with one attached hydrogen (secondary N) is 1. The van der Waals surface area contributed by atoms with Gasteiger partial charge in [-0.15, -0.1) is 0 Å². The average molecular weight is 310 g/mol. The first-order valence-corrected chi connectivity index (χ1v) is 7.69. The van der Waals surface area contributed by atoms with Gasteiger partial charge >= 0.3 is 0 Å². The van der Waals surface area contributed by atoms with Crippen LogP contribution in [0, 0.1) is 0 Å². The second-order valence-corrected chi connectivity index (χ2v) is 5.65. The zero-order valence-corrected chi connectivity index (χ0v) is 12.8. The summed E-state index contributed by atoms with van der Waals surface area (Å²) in [7, 11) is 1.61. The second-order valence-electron chi connectivity index (χ2n) is 4.87. The van der Waals surface area contributed by atoms with Gasteiger partial charge in [-0.3, -0.25) is 9.59 Å². The van der Waals surface area contributed by atoms with Crippen LogP contribution in [0.5, 0.6) is 0 Å². The van der Waals surface area contributed by atoms with Crippen molar-refractivity contribution in [3.8, 4) is 0 Å². The van der Waals surface area contributed by atoms with Crippen LogP contribution in [-0.2, 0) is 7.05 Å². The number of thiophene rings is 1. The van der Waals surface area contributed by atoms with Crippen LogP contribution >= 0.6 is 11.3 Å². The van der Waals surface area contributed by atoms with E-state index in [1.807, 2.05) is 47.2 Å². The van der Waals surface area contributed by atoms with E-state index < -0.39 is 0 Å². The van der Waals surface area contributed by atoms with Crippen molar-refractivity contribution >= 4 is 23.5 Å². The molecule has 1 N–H and O–H groups in total. The minimum atomic E-state index is -0.282. The van der Waals surface area contributed by atoms with E-state index in [9.17, 15) is 9.59 Å². The molecule has 4 nitrogen and oxygen atoms in total. The highest BCUT2D eigenvalue weighted by molar-refractivity contribution is 7.08. The maximum absolute atomic E-state index is 12.4. The fourth-order valence-corrected chi connectivity index (χ4v) is 2.79. The first-order chi connectivity index (χ1) is 10.6. The molecule has 0 aliphatic heterocycles. The number of rotatable bonds is 2. The quantitative estimate of drug-likeness (QED) is 0.761. The van der Waals surface area contributed by atoms with E-state index in [2.05, 4.69) is 4.98 Å². The molecule has 1 aromatic carbocycles. The summed E-state index contributed by atoms with van der Waals surface area (Å²) in [4.78, 5) is 27.4. The summed E-state index contributed by atoms with van der Waals surface area (Å²) < 4.78 is 1.38. The van der Waals surface area contributed by atoms with Crippen molar-refractivity contribution < 1.29 is 0 Å². The third-order valence-corrected chi connectivity index (χ3v) is 4.04.